The van der Waals surface area contributed by atoms with Crippen molar-refractivity contribution in [2.75, 3.05) is 34.9 Å². The van der Waals surface area contributed by atoms with Gasteiger partial charge in [0.1, 0.15) is 6.67 Å². The predicted molar refractivity (Wildman–Crippen MR) is 128 cm³/mol. The summed E-state index contributed by atoms with van der Waals surface area (Å²) in [5.41, 5.74) is 5.36. The molecule has 0 unspecified atom stereocenters. The molecule has 156 valence electrons. The Morgan fingerprint density at radius 3 is 1.30 bits per heavy atom. The lowest BCUT2D eigenvalue weighted by Gasteiger charge is -2.23. The van der Waals surface area contributed by atoms with Gasteiger partial charge >= 0.3 is 0 Å². The summed E-state index contributed by atoms with van der Waals surface area (Å²) in [7, 11) is 7.17. The van der Waals surface area contributed by atoms with Gasteiger partial charge in [0.15, 0.2) is 0 Å². The van der Waals surface area contributed by atoms with Crippen molar-refractivity contribution >= 4 is 34.8 Å². The van der Waals surface area contributed by atoms with Crippen molar-refractivity contribution in [3.63, 3.8) is 0 Å². The van der Waals surface area contributed by atoms with Gasteiger partial charge in [-0.25, -0.2) is 0 Å². The molecule has 6 heteroatoms. The summed E-state index contributed by atoms with van der Waals surface area (Å²) in [6.07, 6.45) is 1.76. The van der Waals surface area contributed by atoms with Gasteiger partial charge in [0, 0.05) is 50.7 Å². The normalized spacial score (nSPS) is 13.5. The van der Waals surface area contributed by atoms with Crippen LogP contribution in [0, 0.1) is 5.41 Å². The van der Waals surface area contributed by atoms with E-state index in [1.54, 1.807) is 20.3 Å². The molecule has 0 saturated carbocycles. The Bertz CT molecular complexity index is 535. The molecule has 0 aromatic carbocycles. The minimum Gasteiger partial charge on any atom is -0.297 e. The Labute approximate surface area is 167 Å². The van der Waals surface area contributed by atoms with Gasteiger partial charge in [0.25, 0.3) is 0 Å². The van der Waals surface area contributed by atoms with E-state index in [1.807, 2.05) is 62.6 Å². The van der Waals surface area contributed by atoms with E-state index in [1.165, 1.54) is 0 Å². The van der Waals surface area contributed by atoms with E-state index >= 15 is 0 Å². The monoisotopic (exact) mass is 378 g/mol. The molecule has 0 radical (unpaired) electrons. The van der Waals surface area contributed by atoms with Crippen LogP contribution in [0.15, 0.2) is 30.0 Å². The van der Waals surface area contributed by atoms with Crippen LogP contribution in [0.2, 0.25) is 0 Å². The first-order valence-electron chi connectivity index (χ1n) is 9.12. The third kappa shape index (κ3) is 16.0. The van der Waals surface area contributed by atoms with Crippen LogP contribution in [0.1, 0.15) is 62.3 Å². The zero-order valence-electron chi connectivity index (χ0n) is 20.0. The highest BCUT2D eigenvalue weighted by atomic mass is 14.9. The van der Waals surface area contributed by atoms with Crippen LogP contribution in [0.25, 0.3) is 0 Å². The van der Waals surface area contributed by atoms with Crippen LogP contribution < -0.4 is 0 Å². The van der Waals surface area contributed by atoms with Crippen molar-refractivity contribution in [2.45, 2.75) is 62.3 Å². The van der Waals surface area contributed by atoms with E-state index in [0.29, 0.717) is 6.67 Å². The zero-order chi connectivity index (χ0) is 22.0. The summed E-state index contributed by atoms with van der Waals surface area (Å²) in [6, 6.07) is 0. The van der Waals surface area contributed by atoms with Crippen molar-refractivity contribution in [1.82, 2.24) is 0 Å². The lowest BCUT2D eigenvalue weighted by molar-refractivity contribution is 0.715. The summed E-state index contributed by atoms with van der Waals surface area (Å²) < 4.78 is 0. The van der Waals surface area contributed by atoms with Gasteiger partial charge in [-0.05, 0) is 68.5 Å². The molecule has 0 fully saturated rings. The van der Waals surface area contributed by atoms with Crippen molar-refractivity contribution in [3.8, 4) is 0 Å². The van der Waals surface area contributed by atoms with E-state index in [4.69, 9.17) is 0 Å². The molecule has 6 nitrogen and oxygen atoms in total. The molecule has 0 aliphatic rings. The summed E-state index contributed by atoms with van der Waals surface area (Å²) in [5.74, 6) is 0. The molecule has 0 N–H and O–H groups in total. The second-order valence-electron chi connectivity index (χ2n) is 6.55. The molecule has 0 rings (SSSR count). The van der Waals surface area contributed by atoms with Gasteiger partial charge in [-0.2, -0.15) is 0 Å². The number of nitrogens with zero attached hydrogens (tertiary/aromatic N) is 6. The molecule has 0 amide bonds. The number of hydrogen-bond acceptors (Lipinski definition) is 6. The first kappa shape index (κ1) is 29.8. The average Bonchev–Trinajstić information content (AvgIpc) is 2.65. The van der Waals surface area contributed by atoms with Gasteiger partial charge in [-0.3, -0.25) is 30.0 Å². The Morgan fingerprint density at radius 1 is 0.704 bits per heavy atom. The molecular weight excluding hydrogens is 336 g/mol. The topological polar surface area (TPSA) is 74.2 Å². The Kier molecular flexibility index (Phi) is 19.2. The molecule has 0 heterocycles. The maximum Gasteiger partial charge on any atom is 0.128 e. The molecule has 0 bridgehead atoms. The highest BCUT2D eigenvalue weighted by Crippen LogP contribution is 2.19. The predicted octanol–water partition coefficient (Wildman–Crippen LogP) is 4.88. The molecule has 0 atom stereocenters. The highest BCUT2D eigenvalue weighted by molar-refractivity contribution is 6.40. The lowest BCUT2D eigenvalue weighted by Crippen LogP contribution is -2.29. The zero-order valence-corrected chi connectivity index (χ0v) is 20.0. The Balaban J connectivity index is -0.000000327. The number of aliphatic imine (C=N–C) groups is 6. The van der Waals surface area contributed by atoms with E-state index in [0.717, 1.165) is 28.6 Å². The smallest absolute Gasteiger partial charge is 0.128 e. The highest BCUT2D eigenvalue weighted by Gasteiger charge is 2.23. The van der Waals surface area contributed by atoms with Crippen LogP contribution in [0.5, 0.6) is 0 Å². The minimum atomic E-state index is 0.0174. The third-order valence-corrected chi connectivity index (χ3v) is 4.33. The van der Waals surface area contributed by atoms with Crippen LogP contribution in [-0.2, 0) is 0 Å². The van der Waals surface area contributed by atoms with Crippen molar-refractivity contribution in [3.05, 3.63) is 0 Å². The fourth-order valence-electron chi connectivity index (χ4n) is 1.41. The van der Waals surface area contributed by atoms with E-state index in [9.17, 15) is 0 Å². The summed E-state index contributed by atoms with van der Waals surface area (Å²) in [6.45, 7) is 18.6. The Morgan fingerprint density at radius 2 is 1.07 bits per heavy atom. The van der Waals surface area contributed by atoms with Gasteiger partial charge in [0.2, 0.25) is 0 Å². The van der Waals surface area contributed by atoms with E-state index in [-0.39, 0.29) is 5.41 Å². The first-order valence-corrected chi connectivity index (χ1v) is 9.12. The maximum absolute atomic E-state index is 4.16. The van der Waals surface area contributed by atoms with Crippen molar-refractivity contribution in [1.29, 1.82) is 0 Å². The molecule has 0 aromatic rings. The SMILES string of the molecule is CC=NCN=C(C)C.CN=C(C)C(C)(C)C(C)=NC.CN=C(C)C(C)=NC. The van der Waals surface area contributed by atoms with Crippen molar-refractivity contribution < 1.29 is 0 Å². The van der Waals surface area contributed by atoms with Gasteiger partial charge in [-0.1, -0.05) is 0 Å². The molecule has 0 aliphatic heterocycles. The minimum absolute atomic E-state index is 0.0174. The Hall–Kier alpha value is -1.98. The molecule has 0 saturated heterocycles. The maximum atomic E-state index is 4.16. The quantitative estimate of drug-likeness (QED) is 0.612. The molecular formula is C21H42N6. The van der Waals surface area contributed by atoms with Crippen molar-refractivity contribution in [2.24, 2.45) is 35.4 Å². The first-order chi connectivity index (χ1) is 12.5. The van der Waals surface area contributed by atoms with Crippen LogP contribution >= 0.6 is 0 Å². The second-order valence-corrected chi connectivity index (χ2v) is 6.55. The van der Waals surface area contributed by atoms with Crippen LogP contribution in [-0.4, -0.2) is 69.6 Å². The van der Waals surface area contributed by atoms with Gasteiger partial charge in [0.05, 0.1) is 11.4 Å². The second kappa shape index (κ2) is 17.4. The fraction of sp³-hybridized carbons (Fsp3) is 0.714. The van der Waals surface area contributed by atoms with Crippen LogP contribution in [0.4, 0.5) is 0 Å². The van der Waals surface area contributed by atoms with E-state index < -0.39 is 0 Å². The summed E-state index contributed by atoms with van der Waals surface area (Å²) >= 11 is 0. The summed E-state index contributed by atoms with van der Waals surface area (Å²) in [5, 5.41) is 0. The van der Waals surface area contributed by atoms with Gasteiger partial charge in [-0.15, -0.1) is 0 Å². The standard InChI is InChI=1S/C9H18N2.2C6H12N2/c1-7(10-5)9(3,4)8(2)11-6;1-5(7-3)6(2)8-4;1-4-7-5-8-6(2)3/h1-6H3;1-4H3;4H,5H2,1-3H3. The lowest BCUT2D eigenvalue weighted by atomic mass is 9.83. The number of hydrogen-bond donors (Lipinski definition) is 0. The molecule has 27 heavy (non-hydrogen) atoms. The largest absolute Gasteiger partial charge is 0.297 e. The fourth-order valence-corrected chi connectivity index (χ4v) is 1.41. The molecule has 0 spiro atoms. The number of rotatable bonds is 5. The molecule has 0 aromatic heterocycles. The van der Waals surface area contributed by atoms with Crippen LogP contribution in [0.3, 0.4) is 0 Å². The van der Waals surface area contributed by atoms with Gasteiger partial charge < -0.3 is 0 Å². The van der Waals surface area contributed by atoms with E-state index in [2.05, 4.69) is 43.8 Å². The molecule has 0 aliphatic carbocycles. The summed E-state index contributed by atoms with van der Waals surface area (Å²) in [4.78, 5) is 24.2. The average molecular weight is 379 g/mol. The third-order valence-electron chi connectivity index (χ3n) is 4.33.